The quantitative estimate of drug-likeness (QED) is 0.765. The molecule has 0 saturated carbocycles. The molecule has 2 aromatic carbocycles. The van der Waals surface area contributed by atoms with E-state index in [1.54, 1.807) is 36.4 Å². The van der Waals surface area contributed by atoms with Gasteiger partial charge < -0.3 is 4.74 Å². The monoisotopic (exact) mass is 374 g/mol. The molecule has 0 heterocycles. The fourth-order valence-electron chi connectivity index (χ4n) is 3.28. The lowest BCUT2D eigenvalue weighted by atomic mass is 9.97. The van der Waals surface area contributed by atoms with Gasteiger partial charge in [0, 0.05) is 6.26 Å². The van der Waals surface area contributed by atoms with E-state index in [1.807, 2.05) is 0 Å². The lowest BCUT2D eigenvalue weighted by molar-refractivity contribution is -0.144. The van der Waals surface area contributed by atoms with E-state index in [2.05, 4.69) is 0 Å². The number of sulfone groups is 1. The van der Waals surface area contributed by atoms with Crippen molar-refractivity contribution in [1.29, 1.82) is 0 Å². The third-order valence-corrected chi connectivity index (χ3v) is 5.75. The summed E-state index contributed by atoms with van der Waals surface area (Å²) in [6, 6.07) is 12.8. The van der Waals surface area contributed by atoms with E-state index in [-0.39, 0.29) is 22.6 Å². The maximum absolute atomic E-state index is 13.3. The van der Waals surface area contributed by atoms with Gasteiger partial charge in [0.05, 0.1) is 17.9 Å². The molecule has 0 bridgehead atoms. The summed E-state index contributed by atoms with van der Waals surface area (Å²) in [7, 11) is -1.91. The second-order valence-corrected chi connectivity index (χ2v) is 8.40. The Bertz CT molecular complexity index is 958. The zero-order valence-corrected chi connectivity index (χ0v) is 15.3. The first-order valence-electron chi connectivity index (χ1n) is 8.16. The van der Waals surface area contributed by atoms with Gasteiger partial charge in [0.1, 0.15) is 5.82 Å². The van der Waals surface area contributed by atoms with E-state index in [1.165, 1.54) is 19.2 Å². The summed E-state index contributed by atoms with van der Waals surface area (Å²) < 4.78 is 41.5. The first kappa shape index (κ1) is 18.3. The number of carbonyl (C=O) groups is 1. The third kappa shape index (κ3) is 3.70. The van der Waals surface area contributed by atoms with Crippen molar-refractivity contribution in [2.75, 3.05) is 13.4 Å². The van der Waals surface area contributed by atoms with Crippen LogP contribution in [-0.4, -0.2) is 27.8 Å². The largest absolute Gasteiger partial charge is 0.469 e. The van der Waals surface area contributed by atoms with Crippen LogP contribution in [0.2, 0.25) is 0 Å². The lowest BCUT2D eigenvalue weighted by Gasteiger charge is -2.09. The van der Waals surface area contributed by atoms with Crippen molar-refractivity contribution in [2.24, 2.45) is 5.92 Å². The minimum Gasteiger partial charge on any atom is -0.469 e. The van der Waals surface area contributed by atoms with Crippen molar-refractivity contribution in [2.45, 2.75) is 17.7 Å². The number of carbonyl (C=O) groups excluding carboxylic acids is 1. The van der Waals surface area contributed by atoms with Crippen LogP contribution in [0.25, 0.3) is 11.1 Å². The van der Waals surface area contributed by atoms with Crippen molar-refractivity contribution >= 4 is 27.0 Å². The lowest BCUT2D eigenvalue weighted by Crippen LogP contribution is -2.13. The molecule has 0 amide bonds. The highest BCUT2D eigenvalue weighted by molar-refractivity contribution is 7.90. The van der Waals surface area contributed by atoms with Gasteiger partial charge in [-0.3, -0.25) is 4.79 Å². The Morgan fingerprint density at radius 1 is 0.962 bits per heavy atom. The van der Waals surface area contributed by atoms with Crippen LogP contribution >= 0.6 is 0 Å². The Hall–Kier alpha value is -2.47. The predicted molar refractivity (Wildman–Crippen MR) is 97.5 cm³/mol. The summed E-state index contributed by atoms with van der Waals surface area (Å²) in [5.74, 6) is -0.909. The second-order valence-electron chi connectivity index (χ2n) is 6.39. The van der Waals surface area contributed by atoms with Crippen molar-refractivity contribution in [3.8, 4) is 0 Å². The fourth-order valence-corrected chi connectivity index (χ4v) is 3.91. The minimum absolute atomic E-state index is 0.243. The molecule has 136 valence electrons. The van der Waals surface area contributed by atoms with Gasteiger partial charge in [-0.2, -0.15) is 0 Å². The number of benzene rings is 2. The zero-order chi connectivity index (χ0) is 18.9. The number of ether oxygens (including phenoxy) is 1. The molecule has 0 saturated heterocycles. The summed E-state index contributed by atoms with van der Waals surface area (Å²) in [5, 5.41) is 0. The molecule has 0 fully saturated rings. The summed E-state index contributed by atoms with van der Waals surface area (Å²) in [6.45, 7) is 0. The second kappa shape index (κ2) is 7.03. The predicted octanol–water partition coefficient (Wildman–Crippen LogP) is 3.72. The van der Waals surface area contributed by atoms with Gasteiger partial charge in [-0.25, -0.2) is 12.8 Å². The number of esters is 1. The Kier molecular flexibility index (Phi) is 4.96. The third-order valence-electron chi connectivity index (χ3n) is 4.62. The smallest absolute Gasteiger partial charge is 0.309 e. The number of hydrogen-bond acceptors (Lipinski definition) is 4. The molecule has 3 rings (SSSR count). The topological polar surface area (TPSA) is 60.4 Å². The first-order valence-corrected chi connectivity index (χ1v) is 10.0. The Morgan fingerprint density at radius 2 is 1.42 bits per heavy atom. The molecule has 2 aromatic rings. The fraction of sp³-hybridized carbons (Fsp3) is 0.250. The van der Waals surface area contributed by atoms with Gasteiger partial charge in [0.2, 0.25) is 0 Å². The van der Waals surface area contributed by atoms with E-state index >= 15 is 0 Å². The Labute approximate surface area is 152 Å². The highest BCUT2D eigenvalue weighted by Gasteiger charge is 2.31. The SMILES string of the molecule is COC(=O)C1CC(c2ccc(F)cc2)=C(c2ccc(S(C)(=O)=O)cc2)C1. The summed E-state index contributed by atoms with van der Waals surface area (Å²) >= 11 is 0. The van der Waals surface area contributed by atoms with Gasteiger partial charge >= 0.3 is 5.97 Å². The molecule has 0 N–H and O–H groups in total. The molecule has 0 aromatic heterocycles. The van der Waals surface area contributed by atoms with Crippen LogP contribution in [0, 0.1) is 11.7 Å². The normalized spacial score (nSPS) is 17.4. The molecule has 1 atom stereocenters. The van der Waals surface area contributed by atoms with Crippen LogP contribution in [-0.2, 0) is 19.4 Å². The molecule has 6 heteroatoms. The van der Waals surface area contributed by atoms with Gasteiger partial charge in [-0.1, -0.05) is 24.3 Å². The van der Waals surface area contributed by atoms with Gasteiger partial charge in [0.15, 0.2) is 9.84 Å². The molecule has 0 aliphatic heterocycles. The number of hydrogen-bond donors (Lipinski definition) is 0. The highest BCUT2D eigenvalue weighted by atomic mass is 32.2. The van der Waals surface area contributed by atoms with E-state index in [0.29, 0.717) is 12.8 Å². The van der Waals surface area contributed by atoms with E-state index in [4.69, 9.17) is 4.74 Å². The van der Waals surface area contributed by atoms with E-state index < -0.39 is 9.84 Å². The van der Waals surface area contributed by atoms with Crippen molar-refractivity contribution < 1.29 is 22.3 Å². The van der Waals surface area contributed by atoms with Gasteiger partial charge in [-0.05, 0) is 59.4 Å². The van der Waals surface area contributed by atoms with Crippen LogP contribution in [0.5, 0.6) is 0 Å². The molecule has 0 radical (unpaired) electrons. The Morgan fingerprint density at radius 3 is 1.85 bits per heavy atom. The molecule has 1 aliphatic rings. The van der Waals surface area contributed by atoms with Crippen LogP contribution in [0.15, 0.2) is 53.4 Å². The molecular weight excluding hydrogens is 355 g/mol. The maximum Gasteiger partial charge on any atom is 0.309 e. The standard InChI is InChI=1S/C20H19FO4S/c1-25-20(22)15-11-18(13-3-7-16(21)8-4-13)19(12-15)14-5-9-17(10-6-14)26(2,23)24/h3-10,15H,11-12H2,1-2H3. The number of halogens is 1. The number of rotatable bonds is 4. The first-order chi connectivity index (χ1) is 12.3. The van der Waals surface area contributed by atoms with Crippen molar-refractivity contribution in [3.63, 3.8) is 0 Å². The van der Waals surface area contributed by atoms with E-state index in [0.717, 1.165) is 28.5 Å². The minimum atomic E-state index is -3.27. The Balaban J connectivity index is 2.04. The maximum atomic E-state index is 13.3. The zero-order valence-electron chi connectivity index (χ0n) is 14.5. The summed E-state index contributed by atoms with van der Waals surface area (Å²) in [5.41, 5.74) is 3.60. The van der Waals surface area contributed by atoms with Crippen molar-refractivity contribution in [3.05, 3.63) is 65.5 Å². The number of allylic oxidation sites excluding steroid dienone is 2. The average Bonchev–Trinajstić information content (AvgIpc) is 3.06. The molecule has 0 spiro atoms. The van der Waals surface area contributed by atoms with Crippen LogP contribution in [0.4, 0.5) is 4.39 Å². The molecule has 26 heavy (non-hydrogen) atoms. The van der Waals surface area contributed by atoms with Crippen molar-refractivity contribution in [1.82, 2.24) is 0 Å². The van der Waals surface area contributed by atoms with Crippen LogP contribution < -0.4 is 0 Å². The summed E-state index contributed by atoms with van der Waals surface area (Å²) in [4.78, 5) is 12.3. The number of methoxy groups -OCH3 is 1. The molecular formula is C20H19FO4S. The summed E-state index contributed by atoms with van der Waals surface area (Å²) in [6.07, 6.45) is 2.16. The van der Waals surface area contributed by atoms with Gasteiger partial charge in [0.25, 0.3) is 0 Å². The molecule has 1 aliphatic carbocycles. The highest BCUT2D eigenvalue weighted by Crippen LogP contribution is 2.43. The van der Waals surface area contributed by atoms with Gasteiger partial charge in [-0.15, -0.1) is 0 Å². The van der Waals surface area contributed by atoms with Crippen LogP contribution in [0.3, 0.4) is 0 Å². The molecule has 1 unspecified atom stereocenters. The molecule has 4 nitrogen and oxygen atoms in total. The van der Waals surface area contributed by atoms with Crippen LogP contribution in [0.1, 0.15) is 24.0 Å². The van der Waals surface area contributed by atoms with E-state index in [9.17, 15) is 17.6 Å². The average molecular weight is 374 g/mol.